The first-order valence-corrected chi connectivity index (χ1v) is 10.1. The number of halogens is 1. The quantitative estimate of drug-likeness (QED) is 0.438. The van der Waals surface area contributed by atoms with Crippen LogP contribution in [0.2, 0.25) is 5.02 Å². The van der Waals surface area contributed by atoms with E-state index in [2.05, 4.69) is 5.92 Å². The smallest absolute Gasteiger partial charge is 0.341 e. The molecule has 0 saturated carbocycles. The van der Waals surface area contributed by atoms with Crippen LogP contribution in [0.3, 0.4) is 0 Å². The number of terminal acetylenes is 1. The van der Waals surface area contributed by atoms with Gasteiger partial charge in [0.15, 0.2) is 6.10 Å². The summed E-state index contributed by atoms with van der Waals surface area (Å²) in [7, 11) is 2.91. The molecule has 0 amide bonds. The van der Waals surface area contributed by atoms with Gasteiger partial charge in [0, 0.05) is 29.2 Å². The largest absolute Gasteiger partial charge is 0.467 e. The molecule has 6 nitrogen and oxygen atoms in total. The van der Waals surface area contributed by atoms with Crippen molar-refractivity contribution in [1.82, 2.24) is 9.13 Å². The predicted octanol–water partition coefficient (Wildman–Crippen LogP) is 4.32. The van der Waals surface area contributed by atoms with Crippen LogP contribution in [0.5, 0.6) is 0 Å². The minimum atomic E-state index is -1.12. The Balaban J connectivity index is 2.47. The van der Waals surface area contributed by atoms with E-state index in [9.17, 15) is 9.59 Å². The average Bonchev–Trinajstić information content (AvgIpc) is 3.12. The Kier molecular flexibility index (Phi) is 6.30. The number of ether oxygens (including phenoxy) is 2. The maximum absolute atomic E-state index is 13.4. The third-order valence-corrected chi connectivity index (χ3v) is 5.14. The van der Waals surface area contributed by atoms with Crippen LogP contribution in [0.15, 0.2) is 41.3 Å². The Morgan fingerprint density at radius 3 is 2.42 bits per heavy atom. The van der Waals surface area contributed by atoms with Crippen molar-refractivity contribution in [3.05, 3.63) is 57.6 Å². The number of pyridine rings is 1. The summed E-state index contributed by atoms with van der Waals surface area (Å²) in [5, 5.41) is 1.24. The highest BCUT2D eigenvalue weighted by Gasteiger charge is 2.34. The second kappa shape index (κ2) is 8.62. The van der Waals surface area contributed by atoms with Crippen LogP contribution in [-0.4, -0.2) is 27.8 Å². The van der Waals surface area contributed by atoms with Crippen molar-refractivity contribution in [3.63, 3.8) is 0 Å². The van der Waals surface area contributed by atoms with Gasteiger partial charge in [-0.2, -0.15) is 0 Å². The van der Waals surface area contributed by atoms with E-state index in [0.717, 1.165) is 5.56 Å². The van der Waals surface area contributed by atoms with Crippen molar-refractivity contribution in [2.24, 2.45) is 7.05 Å². The second-order valence-electron chi connectivity index (χ2n) is 8.17. The van der Waals surface area contributed by atoms with E-state index < -0.39 is 17.7 Å². The molecule has 3 rings (SSSR count). The second-order valence-corrected chi connectivity index (χ2v) is 8.61. The van der Waals surface area contributed by atoms with E-state index >= 15 is 0 Å². The number of rotatable bonds is 5. The summed E-state index contributed by atoms with van der Waals surface area (Å²) < 4.78 is 14.3. The topological polar surface area (TPSA) is 62.5 Å². The molecule has 0 N–H and O–H groups in total. The SMILES string of the molecule is C#CCn1ccc2c(-c3ccc(Cl)cc3)c(C(OC(C)(C)C)C(=O)OC)n(C)c(=O)c21. The number of carbonyl (C=O) groups is 1. The van der Waals surface area contributed by atoms with E-state index in [4.69, 9.17) is 27.5 Å². The molecule has 0 fully saturated rings. The highest BCUT2D eigenvalue weighted by Crippen LogP contribution is 2.37. The number of fused-ring (bicyclic) bond motifs is 1. The molecule has 2 heterocycles. The van der Waals surface area contributed by atoms with E-state index in [0.29, 0.717) is 27.2 Å². The molecule has 0 radical (unpaired) electrons. The summed E-state index contributed by atoms with van der Waals surface area (Å²) in [5.74, 6) is 1.98. The normalized spacial score (nSPS) is 12.5. The van der Waals surface area contributed by atoms with Crippen LogP contribution in [0, 0.1) is 12.3 Å². The lowest BCUT2D eigenvalue weighted by atomic mass is 9.96. The number of carbonyl (C=O) groups excluding carboxylic acids is 1. The fraction of sp³-hybridized carbons (Fsp3) is 0.333. The minimum Gasteiger partial charge on any atom is -0.467 e. The molecule has 7 heteroatoms. The molecule has 0 bridgehead atoms. The zero-order valence-electron chi connectivity index (χ0n) is 18.2. The summed E-state index contributed by atoms with van der Waals surface area (Å²) in [6.45, 7) is 5.76. The monoisotopic (exact) mass is 440 g/mol. The van der Waals surface area contributed by atoms with Gasteiger partial charge in [-0.15, -0.1) is 6.42 Å². The fourth-order valence-electron chi connectivity index (χ4n) is 3.62. The Morgan fingerprint density at radius 1 is 1.23 bits per heavy atom. The Labute approximate surface area is 186 Å². The number of benzene rings is 1. The molecule has 0 aliphatic rings. The number of nitrogens with zero attached hydrogens (tertiary/aromatic N) is 2. The number of aromatic nitrogens is 2. The number of methoxy groups -OCH3 is 1. The van der Waals surface area contributed by atoms with E-state index in [1.807, 2.05) is 39.0 Å². The van der Waals surface area contributed by atoms with Crippen molar-refractivity contribution in [2.45, 2.75) is 39.0 Å². The maximum atomic E-state index is 13.4. The van der Waals surface area contributed by atoms with Crippen LogP contribution in [0.1, 0.15) is 32.6 Å². The van der Waals surface area contributed by atoms with Crippen molar-refractivity contribution in [2.75, 3.05) is 7.11 Å². The van der Waals surface area contributed by atoms with Crippen LogP contribution in [0.4, 0.5) is 0 Å². The summed E-state index contributed by atoms with van der Waals surface area (Å²) in [6.07, 6.45) is 6.15. The zero-order chi connectivity index (χ0) is 22.9. The molecule has 0 spiro atoms. The molecular formula is C24H25ClN2O4. The molecule has 162 valence electrons. The molecule has 1 atom stereocenters. The zero-order valence-corrected chi connectivity index (χ0v) is 19.0. The van der Waals surface area contributed by atoms with Crippen molar-refractivity contribution in [3.8, 4) is 23.5 Å². The molecule has 2 aromatic heterocycles. The molecule has 0 aliphatic heterocycles. The fourth-order valence-corrected chi connectivity index (χ4v) is 3.75. The van der Waals surface area contributed by atoms with Gasteiger partial charge in [-0.1, -0.05) is 29.7 Å². The molecule has 0 saturated heterocycles. The van der Waals surface area contributed by atoms with Crippen molar-refractivity contribution < 1.29 is 14.3 Å². The molecule has 3 aromatic rings. The van der Waals surface area contributed by atoms with Gasteiger partial charge in [0.1, 0.15) is 5.52 Å². The van der Waals surface area contributed by atoms with Crippen LogP contribution < -0.4 is 5.56 Å². The lowest BCUT2D eigenvalue weighted by Gasteiger charge is -2.29. The first-order valence-electron chi connectivity index (χ1n) is 9.75. The number of hydrogen-bond acceptors (Lipinski definition) is 4. The lowest BCUT2D eigenvalue weighted by Crippen LogP contribution is -2.33. The van der Waals surface area contributed by atoms with Gasteiger partial charge in [-0.3, -0.25) is 4.79 Å². The molecule has 0 aliphatic carbocycles. The maximum Gasteiger partial charge on any atom is 0.341 e. The van der Waals surface area contributed by atoms with Gasteiger partial charge in [0.05, 0.1) is 24.9 Å². The van der Waals surface area contributed by atoms with Crippen LogP contribution in [-0.2, 0) is 27.9 Å². The summed E-state index contributed by atoms with van der Waals surface area (Å²) >= 11 is 6.10. The van der Waals surface area contributed by atoms with Crippen LogP contribution >= 0.6 is 11.6 Å². The summed E-state index contributed by atoms with van der Waals surface area (Å²) in [6, 6.07) is 9.03. The third-order valence-electron chi connectivity index (χ3n) is 4.89. The van der Waals surface area contributed by atoms with Gasteiger partial charge in [0.25, 0.3) is 5.56 Å². The van der Waals surface area contributed by atoms with Crippen LogP contribution in [0.25, 0.3) is 22.0 Å². The van der Waals surface area contributed by atoms with Gasteiger partial charge < -0.3 is 18.6 Å². The molecule has 1 unspecified atom stereocenters. The van der Waals surface area contributed by atoms with Gasteiger partial charge in [-0.05, 0) is 44.5 Å². The average molecular weight is 441 g/mol. The van der Waals surface area contributed by atoms with Crippen molar-refractivity contribution >= 4 is 28.5 Å². The highest BCUT2D eigenvalue weighted by molar-refractivity contribution is 6.30. The Hall–Kier alpha value is -3.01. The lowest BCUT2D eigenvalue weighted by molar-refractivity contribution is -0.165. The van der Waals surface area contributed by atoms with Gasteiger partial charge in [-0.25, -0.2) is 4.79 Å². The highest BCUT2D eigenvalue weighted by atomic mass is 35.5. The summed E-state index contributed by atoms with van der Waals surface area (Å²) in [5.41, 5.74) is 1.37. The standard InChI is InChI=1S/C24H25ClN2O4/c1-7-13-27-14-12-17-18(15-8-10-16(25)11-9-15)20(26(5)22(28)19(17)27)21(23(29)30-6)31-24(2,3)4/h1,8-12,14,21H,13H2,2-6H3. The first kappa shape index (κ1) is 22.7. The molecule has 31 heavy (non-hydrogen) atoms. The number of esters is 1. The molecule has 1 aromatic carbocycles. The van der Waals surface area contributed by atoms with Crippen molar-refractivity contribution in [1.29, 1.82) is 0 Å². The first-order chi connectivity index (χ1) is 14.6. The predicted molar refractivity (Wildman–Crippen MR) is 122 cm³/mol. The van der Waals surface area contributed by atoms with Gasteiger partial charge in [0.2, 0.25) is 0 Å². The third kappa shape index (κ3) is 4.39. The Morgan fingerprint density at radius 2 is 1.87 bits per heavy atom. The van der Waals surface area contributed by atoms with E-state index in [-0.39, 0.29) is 12.1 Å². The number of hydrogen-bond donors (Lipinski definition) is 0. The van der Waals surface area contributed by atoms with E-state index in [1.165, 1.54) is 11.7 Å². The minimum absolute atomic E-state index is 0.247. The van der Waals surface area contributed by atoms with E-state index in [1.54, 1.807) is 29.9 Å². The van der Waals surface area contributed by atoms with Gasteiger partial charge >= 0.3 is 5.97 Å². The summed E-state index contributed by atoms with van der Waals surface area (Å²) in [4.78, 5) is 26.2. The molecular weight excluding hydrogens is 416 g/mol. The Bertz CT molecular complexity index is 1220.